The van der Waals surface area contributed by atoms with Gasteiger partial charge in [0, 0.05) is 5.41 Å². The number of benzene rings is 6. The van der Waals surface area contributed by atoms with Gasteiger partial charge in [-0.25, -0.2) is 0 Å². The molecule has 0 N–H and O–H groups in total. The highest BCUT2D eigenvalue weighted by Crippen LogP contribution is 2.33. The zero-order chi connectivity index (χ0) is 47.7. The molecular formula is C64H88. The van der Waals surface area contributed by atoms with E-state index in [-0.39, 0.29) is 5.41 Å². The quantitative estimate of drug-likeness (QED) is 0.115. The van der Waals surface area contributed by atoms with Crippen LogP contribution in [0.4, 0.5) is 0 Å². The van der Waals surface area contributed by atoms with E-state index in [1.54, 1.807) is 0 Å². The van der Waals surface area contributed by atoms with Gasteiger partial charge in [-0.2, -0.15) is 0 Å². The van der Waals surface area contributed by atoms with Crippen LogP contribution in [0.3, 0.4) is 0 Å². The van der Waals surface area contributed by atoms with Gasteiger partial charge in [0.05, 0.1) is 0 Å². The van der Waals surface area contributed by atoms with Gasteiger partial charge in [0.15, 0.2) is 0 Å². The summed E-state index contributed by atoms with van der Waals surface area (Å²) in [5.74, 6) is 4.98. The standard InChI is InChI=1S/C21H28.C19H24.2C12H18/c1-15(2)17-7-11-19(12-8-17)21(5,6)20-13-9-18(10-14-20)16(3)4;1-14(2)18-9-5-16(6-10-18)13-17-7-11-19(12-8-17)15(3)4;1-9(2)11-5-7-12(8-6-11)10(3)4;1-9(2)11-6-5-7-12(8-11)10(3)4/h7-16H,1-6H3;5-12,14-15H,13H2,1-4H3;2*5-10H,1-4H3. The van der Waals surface area contributed by atoms with Crippen LogP contribution in [-0.2, 0) is 11.8 Å². The highest BCUT2D eigenvalue weighted by molar-refractivity contribution is 5.41. The first kappa shape index (κ1) is 53.7. The van der Waals surface area contributed by atoms with Gasteiger partial charge in [0.2, 0.25) is 0 Å². The summed E-state index contributed by atoms with van der Waals surface area (Å²) in [5, 5.41) is 0. The molecule has 0 spiro atoms. The summed E-state index contributed by atoms with van der Waals surface area (Å²) in [7, 11) is 0. The number of hydrogen-bond acceptors (Lipinski definition) is 0. The normalized spacial score (nSPS) is 11.5. The Kier molecular flexibility index (Phi) is 21.6. The molecule has 0 atom stereocenters. The Morgan fingerprint density at radius 2 is 0.469 bits per heavy atom. The second kappa shape index (κ2) is 25.7. The molecule has 0 bridgehead atoms. The summed E-state index contributed by atoms with van der Waals surface area (Å²) in [4.78, 5) is 0. The number of rotatable bonds is 12. The van der Waals surface area contributed by atoms with E-state index in [4.69, 9.17) is 0 Å². The van der Waals surface area contributed by atoms with Gasteiger partial charge in [-0.1, -0.05) is 270 Å². The lowest BCUT2D eigenvalue weighted by Crippen LogP contribution is -2.19. The van der Waals surface area contributed by atoms with Crippen molar-refractivity contribution in [3.05, 3.63) is 212 Å². The van der Waals surface area contributed by atoms with E-state index in [1.165, 1.54) is 66.8 Å². The molecule has 6 aromatic carbocycles. The third kappa shape index (κ3) is 17.0. The van der Waals surface area contributed by atoms with E-state index in [2.05, 4.69) is 270 Å². The maximum Gasteiger partial charge on any atom is 0.0146 e. The molecule has 6 aromatic rings. The topological polar surface area (TPSA) is 0 Å². The van der Waals surface area contributed by atoms with Crippen LogP contribution in [0.5, 0.6) is 0 Å². The van der Waals surface area contributed by atoms with Crippen molar-refractivity contribution < 1.29 is 0 Å². The van der Waals surface area contributed by atoms with Gasteiger partial charge in [-0.05, 0) is 121 Å². The molecule has 0 aliphatic rings. The van der Waals surface area contributed by atoms with Gasteiger partial charge in [0.25, 0.3) is 0 Å². The van der Waals surface area contributed by atoms with Gasteiger partial charge in [0.1, 0.15) is 0 Å². The maximum absolute atomic E-state index is 2.31. The molecule has 0 radical (unpaired) electrons. The predicted octanol–water partition coefficient (Wildman–Crippen LogP) is 19.7. The smallest absolute Gasteiger partial charge is 0.0146 e. The predicted molar refractivity (Wildman–Crippen MR) is 286 cm³/mol. The first-order chi connectivity index (χ1) is 30.1. The molecule has 0 saturated heterocycles. The van der Waals surface area contributed by atoms with Crippen LogP contribution in [0.25, 0.3) is 0 Å². The minimum absolute atomic E-state index is 0.0466. The third-order valence-electron chi connectivity index (χ3n) is 12.8. The maximum atomic E-state index is 2.31. The fourth-order valence-corrected chi connectivity index (χ4v) is 7.56. The fraction of sp³-hybridized carbons (Fsp3) is 0.438. The molecule has 0 saturated carbocycles. The highest BCUT2D eigenvalue weighted by atomic mass is 14.3. The average Bonchev–Trinajstić information content (AvgIpc) is 3.27. The van der Waals surface area contributed by atoms with Crippen molar-refractivity contribution in [3.8, 4) is 0 Å². The van der Waals surface area contributed by atoms with Gasteiger partial charge >= 0.3 is 0 Å². The van der Waals surface area contributed by atoms with E-state index >= 15 is 0 Å². The molecule has 0 nitrogen and oxygen atoms in total. The van der Waals surface area contributed by atoms with Crippen molar-refractivity contribution >= 4 is 0 Å². The SMILES string of the molecule is CC(C)c1ccc(C(C)(C)c2ccc(C(C)C)cc2)cc1.CC(C)c1ccc(C(C)C)cc1.CC(C)c1ccc(Cc2ccc(C(C)C)cc2)cc1.CC(C)c1cccc(C(C)C)c1. The average molecular weight is 857 g/mol. The molecule has 0 amide bonds. The Labute approximate surface area is 394 Å². The van der Waals surface area contributed by atoms with E-state index < -0.39 is 0 Å². The van der Waals surface area contributed by atoms with Crippen LogP contribution < -0.4 is 0 Å². The van der Waals surface area contributed by atoms with Crippen LogP contribution in [0.2, 0.25) is 0 Å². The largest absolute Gasteiger partial charge is 0.0617 e. The Morgan fingerprint density at radius 1 is 0.266 bits per heavy atom. The molecular weight excluding hydrogens is 769 g/mol. The summed E-state index contributed by atoms with van der Waals surface area (Å²) in [6, 6.07) is 54.1. The highest BCUT2D eigenvalue weighted by Gasteiger charge is 2.23. The van der Waals surface area contributed by atoms with Crippen molar-refractivity contribution in [3.63, 3.8) is 0 Å². The van der Waals surface area contributed by atoms with Crippen molar-refractivity contribution in [2.75, 3.05) is 0 Å². The molecule has 64 heavy (non-hydrogen) atoms. The van der Waals surface area contributed by atoms with Crippen LogP contribution in [0.1, 0.15) is 239 Å². The van der Waals surface area contributed by atoms with Crippen molar-refractivity contribution in [1.82, 2.24) is 0 Å². The van der Waals surface area contributed by atoms with Crippen LogP contribution in [-0.4, -0.2) is 0 Å². The van der Waals surface area contributed by atoms with E-state index in [1.807, 2.05) is 0 Å². The molecule has 0 aromatic heterocycles. The van der Waals surface area contributed by atoms with Gasteiger partial charge < -0.3 is 0 Å². The van der Waals surface area contributed by atoms with Gasteiger partial charge in [-0.15, -0.1) is 0 Å². The summed E-state index contributed by atoms with van der Waals surface area (Å²) >= 11 is 0. The fourth-order valence-electron chi connectivity index (χ4n) is 7.56. The Balaban J connectivity index is 0.000000234. The summed E-state index contributed by atoms with van der Waals surface area (Å²) in [5.41, 5.74) is 17.0. The molecule has 0 aliphatic heterocycles. The van der Waals surface area contributed by atoms with E-state index in [9.17, 15) is 0 Å². The van der Waals surface area contributed by atoms with Crippen LogP contribution >= 0.6 is 0 Å². The lowest BCUT2D eigenvalue weighted by Gasteiger charge is -2.27. The molecule has 0 fully saturated rings. The Hall–Kier alpha value is -4.68. The van der Waals surface area contributed by atoms with Crippen molar-refractivity contribution in [2.24, 2.45) is 0 Å². The first-order valence-corrected chi connectivity index (χ1v) is 24.7. The Morgan fingerprint density at radius 3 is 0.688 bits per heavy atom. The minimum atomic E-state index is 0.0466. The summed E-state index contributed by atoms with van der Waals surface area (Å²) in [6.07, 6.45) is 1.02. The van der Waals surface area contributed by atoms with E-state index in [0.29, 0.717) is 47.3 Å². The molecule has 0 heterocycles. The van der Waals surface area contributed by atoms with Crippen LogP contribution in [0, 0.1) is 0 Å². The first-order valence-electron chi connectivity index (χ1n) is 24.7. The van der Waals surface area contributed by atoms with Gasteiger partial charge in [-0.3, -0.25) is 0 Å². The van der Waals surface area contributed by atoms with Crippen molar-refractivity contribution in [1.29, 1.82) is 0 Å². The molecule has 6 rings (SSSR count). The number of hydrogen-bond donors (Lipinski definition) is 0. The molecule has 0 aliphatic carbocycles. The second-order valence-electron chi connectivity index (χ2n) is 21.1. The second-order valence-corrected chi connectivity index (χ2v) is 21.1. The van der Waals surface area contributed by atoms with Crippen LogP contribution in [0.15, 0.2) is 146 Å². The Bertz CT molecular complexity index is 2010. The minimum Gasteiger partial charge on any atom is -0.0617 e. The molecule has 0 heteroatoms. The van der Waals surface area contributed by atoms with E-state index in [0.717, 1.165) is 6.42 Å². The lowest BCUT2D eigenvalue weighted by molar-refractivity contribution is 0.639. The lowest BCUT2D eigenvalue weighted by atomic mass is 9.77. The third-order valence-corrected chi connectivity index (χ3v) is 12.8. The zero-order valence-electron chi connectivity index (χ0n) is 43.7. The van der Waals surface area contributed by atoms with Crippen molar-refractivity contribution in [2.45, 2.75) is 184 Å². The molecule has 344 valence electrons. The summed E-state index contributed by atoms with van der Waals surface area (Å²) < 4.78 is 0. The molecule has 0 unspecified atom stereocenters. The monoisotopic (exact) mass is 857 g/mol. The zero-order valence-corrected chi connectivity index (χ0v) is 43.7. The summed E-state index contributed by atoms with van der Waals surface area (Å²) in [6.45, 7) is 40.4.